The van der Waals surface area contributed by atoms with Crippen LogP contribution in [0.4, 0.5) is 17.1 Å². The van der Waals surface area contributed by atoms with Crippen molar-refractivity contribution in [3.05, 3.63) is 265 Å². The molecular formula is C59H40N2. The van der Waals surface area contributed by atoms with E-state index in [1.807, 2.05) is 0 Å². The molecule has 286 valence electrons. The summed E-state index contributed by atoms with van der Waals surface area (Å²) in [5.41, 5.74) is 16.4. The second-order valence-corrected chi connectivity index (χ2v) is 16.1. The van der Waals surface area contributed by atoms with Gasteiger partial charge in [-0.15, -0.1) is 0 Å². The summed E-state index contributed by atoms with van der Waals surface area (Å²) in [5, 5.41) is 4.96. The number of nitrogens with zero attached hydrogens (tertiary/aromatic N) is 2. The summed E-state index contributed by atoms with van der Waals surface area (Å²) in [4.78, 5) is 2.39. The second kappa shape index (κ2) is 14.1. The fourth-order valence-corrected chi connectivity index (χ4v) is 10.2. The van der Waals surface area contributed by atoms with Gasteiger partial charge in [0.2, 0.25) is 0 Å². The molecular weight excluding hydrogens is 737 g/mol. The molecule has 0 saturated heterocycles. The number of rotatable bonds is 7. The first-order chi connectivity index (χ1) is 30.3. The van der Waals surface area contributed by atoms with Crippen molar-refractivity contribution in [3.63, 3.8) is 0 Å². The Morgan fingerprint density at radius 1 is 0.328 bits per heavy atom. The topological polar surface area (TPSA) is 8.17 Å². The van der Waals surface area contributed by atoms with Crippen LogP contribution in [0.1, 0.15) is 22.3 Å². The van der Waals surface area contributed by atoms with Crippen LogP contribution in [0.25, 0.3) is 60.5 Å². The van der Waals surface area contributed by atoms with E-state index < -0.39 is 5.41 Å². The maximum absolute atomic E-state index is 2.42. The van der Waals surface area contributed by atoms with Crippen LogP contribution < -0.4 is 4.90 Å². The van der Waals surface area contributed by atoms with Crippen molar-refractivity contribution in [2.45, 2.75) is 5.41 Å². The Kier molecular flexibility index (Phi) is 8.11. The molecule has 0 amide bonds. The highest BCUT2D eigenvalue weighted by Crippen LogP contribution is 2.56. The van der Waals surface area contributed by atoms with Gasteiger partial charge in [0.05, 0.1) is 16.4 Å². The van der Waals surface area contributed by atoms with Gasteiger partial charge in [-0.25, -0.2) is 0 Å². The van der Waals surface area contributed by atoms with E-state index in [1.165, 1.54) is 71.5 Å². The molecule has 1 aliphatic rings. The molecule has 1 heterocycles. The minimum atomic E-state index is -0.462. The van der Waals surface area contributed by atoms with Crippen LogP contribution in [0.15, 0.2) is 243 Å². The first-order valence-electron chi connectivity index (χ1n) is 21.1. The number of benzene rings is 10. The molecule has 11 aromatic rings. The van der Waals surface area contributed by atoms with E-state index in [0.717, 1.165) is 28.3 Å². The maximum atomic E-state index is 2.42. The van der Waals surface area contributed by atoms with E-state index in [0.29, 0.717) is 0 Å². The average molecular weight is 777 g/mol. The van der Waals surface area contributed by atoms with Gasteiger partial charge in [-0.1, -0.05) is 176 Å². The highest BCUT2D eigenvalue weighted by atomic mass is 15.1. The Morgan fingerprint density at radius 2 is 0.852 bits per heavy atom. The van der Waals surface area contributed by atoms with Crippen LogP contribution in [0.2, 0.25) is 0 Å². The zero-order valence-electron chi connectivity index (χ0n) is 33.5. The van der Waals surface area contributed by atoms with Gasteiger partial charge >= 0.3 is 0 Å². The molecule has 12 rings (SSSR count). The van der Waals surface area contributed by atoms with Crippen molar-refractivity contribution in [2.24, 2.45) is 0 Å². The third-order valence-electron chi connectivity index (χ3n) is 12.8. The predicted octanol–water partition coefficient (Wildman–Crippen LogP) is 15.4. The fourth-order valence-electron chi connectivity index (χ4n) is 10.2. The summed E-state index contributed by atoms with van der Waals surface area (Å²) in [6, 6.07) is 89.0. The van der Waals surface area contributed by atoms with Crippen molar-refractivity contribution in [1.29, 1.82) is 0 Å². The number of fused-ring (bicyclic) bond motifs is 7. The number of para-hydroxylation sites is 2. The molecule has 0 radical (unpaired) electrons. The van der Waals surface area contributed by atoms with Gasteiger partial charge in [0.25, 0.3) is 0 Å². The highest BCUT2D eigenvalue weighted by Gasteiger charge is 2.45. The molecule has 0 fully saturated rings. The first kappa shape index (κ1) is 35.0. The molecule has 0 spiro atoms. The lowest BCUT2D eigenvalue weighted by Crippen LogP contribution is -2.28. The number of anilines is 3. The van der Waals surface area contributed by atoms with E-state index in [-0.39, 0.29) is 0 Å². The zero-order valence-corrected chi connectivity index (χ0v) is 33.5. The van der Waals surface area contributed by atoms with Gasteiger partial charge in [-0.3, -0.25) is 0 Å². The van der Waals surface area contributed by atoms with Crippen LogP contribution in [-0.4, -0.2) is 4.57 Å². The standard InChI is InChI=1S/C59H40N2/c1-4-22-45(23-5-1)59(55-32-14-12-30-51(55)52-31-13-15-33-56(52)59)46-24-16-20-41(36-46)42-21-17-29-49(37-42)60(47-25-6-2-7-26-47)50-34-35-53-54-38-43-18-10-11-19-44(43)39-57(54)61(58(53)40-50)48-27-8-3-9-28-48/h1-40H. The minimum Gasteiger partial charge on any atom is -0.310 e. The Labute approximate surface area is 355 Å². The summed E-state index contributed by atoms with van der Waals surface area (Å²) < 4.78 is 2.42. The normalized spacial score (nSPS) is 12.7. The third-order valence-corrected chi connectivity index (χ3v) is 12.8. The van der Waals surface area contributed by atoms with Crippen LogP contribution in [0.3, 0.4) is 0 Å². The molecule has 0 aliphatic heterocycles. The monoisotopic (exact) mass is 776 g/mol. The van der Waals surface area contributed by atoms with Gasteiger partial charge in [-0.05, 0) is 122 Å². The summed E-state index contributed by atoms with van der Waals surface area (Å²) >= 11 is 0. The molecule has 10 aromatic carbocycles. The van der Waals surface area contributed by atoms with Crippen LogP contribution in [-0.2, 0) is 5.41 Å². The molecule has 2 heteroatoms. The summed E-state index contributed by atoms with van der Waals surface area (Å²) in [7, 11) is 0. The fraction of sp³-hybridized carbons (Fsp3) is 0.0169. The average Bonchev–Trinajstić information content (AvgIpc) is 3.82. The van der Waals surface area contributed by atoms with Crippen LogP contribution in [0.5, 0.6) is 0 Å². The van der Waals surface area contributed by atoms with Crippen LogP contribution in [0, 0.1) is 0 Å². The molecule has 1 aliphatic carbocycles. The highest BCUT2D eigenvalue weighted by molar-refractivity contribution is 6.14. The van der Waals surface area contributed by atoms with Gasteiger partial charge in [-0.2, -0.15) is 0 Å². The molecule has 1 aromatic heterocycles. The van der Waals surface area contributed by atoms with E-state index >= 15 is 0 Å². The second-order valence-electron chi connectivity index (χ2n) is 16.1. The molecule has 0 atom stereocenters. The molecule has 61 heavy (non-hydrogen) atoms. The smallest absolute Gasteiger partial charge is 0.0713 e. The van der Waals surface area contributed by atoms with Crippen LogP contribution >= 0.6 is 0 Å². The van der Waals surface area contributed by atoms with E-state index in [2.05, 4.69) is 252 Å². The molecule has 0 bridgehead atoms. The quantitative estimate of drug-likeness (QED) is 0.156. The van der Waals surface area contributed by atoms with Crippen molar-refractivity contribution in [3.8, 4) is 27.9 Å². The van der Waals surface area contributed by atoms with Crippen molar-refractivity contribution in [1.82, 2.24) is 4.57 Å². The van der Waals surface area contributed by atoms with Gasteiger partial charge < -0.3 is 9.47 Å². The Hall–Kier alpha value is -7.94. The van der Waals surface area contributed by atoms with Gasteiger partial charge in [0, 0.05) is 33.5 Å². The maximum Gasteiger partial charge on any atom is 0.0713 e. The molecule has 0 saturated carbocycles. The van der Waals surface area contributed by atoms with Crippen molar-refractivity contribution in [2.75, 3.05) is 4.90 Å². The zero-order chi connectivity index (χ0) is 40.3. The minimum absolute atomic E-state index is 0.462. The predicted molar refractivity (Wildman–Crippen MR) is 256 cm³/mol. The van der Waals surface area contributed by atoms with E-state index in [9.17, 15) is 0 Å². The lowest BCUT2D eigenvalue weighted by molar-refractivity contribution is 0.769. The third kappa shape index (κ3) is 5.50. The lowest BCUT2D eigenvalue weighted by atomic mass is 9.67. The number of aromatic nitrogens is 1. The van der Waals surface area contributed by atoms with E-state index in [1.54, 1.807) is 0 Å². The lowest BCUT2D eigenvalue weighted by Gasteiger charge is -2.34. The first-order valence-corrected chi connectivity index (χ1v) is 21.1. The van der Waals surface area contributed by atoms with E-state index in [4.69, 9.17) is 0 Å². The van der Waals surface area contributed by atoms with Crippen molar-refractivity contribution >= 4 is 49.6 Å². The molecule has 0 unspecified atom stereocenters. The summed E-state index contributed by atoms with van der Waals surface area (Å²) in [6.07, 6.45) is 0. The van der Waals surface area contributed by atoms with Gasteiger partial charge in [0.15, 0.2) is 0 Å². The SMILES string of the molecule is c1ccc(N(c2cccc(-c3cccc(C4(c5ccccc5)c5ccccc5-c5ccccc54)c3)c2)c2ccc3c4cc5ccccc5cc4n(-c4ccccc4)c3c2)cc1. The molecule has 2 nitrogen and oxygen atoms in total. The Bertz CT molecular complexity index is 3370. The summed E-state index contributed by atoms with van der Waals surface area (Å²) in [5.74, 6) is 0. The number of hydrogen-bond donors (Lipinski definition) is 0. The largest absolute Gasteiger partial charge is 0.310 e. The Balaban J connectivity index is 1.04. The van der Waals surface area contributed by atoms with Crippen molar-refractivity contribution < 1.29 is 0 Å². The molecule has 0 N–H and O–H groups in total. The Morgan fingerprint density at radius 3 is 1.57 bits per heavy atom. The summed E-state index contributed by atoms with van der Waals surface area (Å²) in [6.45, 7) is 0. The number of hydrogen-bond acceptors (Lipinski definition) is 1. The van der Waals surface area contributed by atoms with Gasteiger partial charge in [0.1, 0.15) is 0 Å².